The van der Waals surface area contributed by atoms with E-state index in [-0.39, 0.29) is 11.0 Å². The van der Waals surface area contributed by atoms with Gasteiger partial charge in [0.1, 0.15) is 0 Å². The van der Waals surface area contributed by atoms with E-state index < -0.39 is 5.97 Å². The Labute approximate surface area is 129 Å². The number of aromatic nitrogens is 1. The number of carbonyl (C=O) groups is 1. The molecule has 2 aromatic rings. The Hall–Kier alpha value is -1.87. The predicted molar refractivity (Wildman–Crippen MR) is 85.1 cm³/mol. The number of hydrogen-bond donors (Lipinski definition) is 1. The van der Waals surface area contributed by atoms with Gasteiger partial charge in [-0.25, -0.2) is 4.79 Å². The lowest BCUT2D eigenvalue weighted by atomic mass is 9.87. The number of carboxylic acid groups (broad SMARTS) is 1. The van der Waals surface area contributed by atoms with Crippen LogP contribution in [0.2, 0.25) is 5.02 Å². The Morgan fingerprint density at radius 3 is 2.24 bits per heavy atom. The first-order valence-corrected chi connectivity index (χ1v) is 7.09. The van der Waals surface area contributed by atoms with Crippen LogP contribution in [0.25, 0.3) is 11.3 Å². The van der Waals surface area contributed by atoms with E-state index >= 15 is 0 Å². The van der Waals surface area contributed by atoms with Crippen molar-refractivity contribution in [1.29, 1.82) is 0 Å². The van der Waals surface area contributed by atoms with Crippen molar-refractivity contribution in [3.8, 4) is 11.3 Å². The number of nitrogens with zero attached hydrogens (tertiary/aromatic N) is 1. The van der Waals surface area contributed by atoms with Gasteiger partial charge in [0.2, 0.25) is 0 Å². The molecule has 3 nitrogen and oxygen atoms in total. The molecule has 21 heavy (non-hydrogen) atoms. The molecule has 0 aliphatic carbocycles. The average molecular weight is 304 g/mol. The molecule has 1 aromatic carbocycles. The van der Waals surface area contributed by atoms with Gasteiger partial charge in [0.05, 0.1) is 17.0 Å². The van der Waals surface area contributed by atoms with Crippen LogP contribution in [0.3, 0.4) is 0 Å². The molecule has 0 amide bonds. The maximum Gasteiger partial charge on any atom is 0.337 e. The van der Waals surface area contributed by atoms with Gasteiger partial charge < -0.3 is 5.11 Å². The minimum absolute atomic E-state index is 0.262. The summed E-state index contributed by atoms with van der Waals surface area (Å²) in [5.41, 5.74) is 3.06. The van der Waals surface area contributed by atoms with Gasteiger partial charge >= 0.3 is 5.97 Å². The van der Waals surface area contributed by atoms with Crippen molar-refractivity contribution in [2.45, 2.75) is 33.1 Å². The van der Waals surface area contributed by atoms with Crippen molar-refractivity contribution >= 4 is 17.6 Å². The first kappa shape index (κ1) is 15.5. The lowest BCUT2D eigenvalue weighted by Gasteiger charge is -2.22. The molecule has 1 heterocycles. The lowest BCUT2D eigenvalue weighted by molar-refractivity contribution is 0.0693. The standard InChI is InChI=1S/C17H18ClNO2/c1-10-9-13(16(20)21)15(17(2,3)4)19-14(10)11-5-7-12(18)8-6-11/h5-9H,1-4H3,(H,20,21). The predicted octanol–water partition coefficient (Wildman–Crippen LogP) is 4.71. The molecule has 0 saturated carbocycles. The minimum atomic E-state index is -0.946. The maximum absolute atomic E-state index is 11.5. The molecule has 0 unspecified atom stereocenters. The minimum Gasteiger partial charge on any atom is -0.478 e. The molecule has 1 N–H and O–H groups in total. The van der Waals surface area contributed by atoms with Crippen LogP contribution in [0.5, 0.6) is 0 Å². The average Bonchev–Trinajstić information content (AvgIpc) is 2.38. The van der Waals surface area contributed by atoms with Crippen molar-refractivity contribution in [2.24, 2.45) is 0 Å². The third-order valence-electron chi connectivity index (χ3n) is 3.27. The molecule has 0 aliphatic heterocycles. The third kappa shape index (κ3) is 3.24. The van der Waals surface area contributed by atoms with Gasteiger partial charge in [-0.3, -0.25) is 4.98 Å². The van der Waals surface area contributed by atoms with Gasteiger partial charge in [-0.2, -0.15) is 0 Å². The topological polar surface area (TPSA) is 50.2 Å². The molecule has 0 aliphatic rings. The Morgan fingerprint density at radius 1 is 1.19 bits per heavy atom. The summed E-state index contributed by atoms with van der Waals surface area (Å²) < 4.78 is 0. The number of aromatic carboxylic acids is 1. The Kier molecular flexibility index (Phi) is 4.06. The molecular formula is C17H18ClNO2. The van der Waals surface area contributed by atoms with Crippen LogP contribution in [0.1, 0.15) is 42.4 Å². The van der Waals surface area contributed by atoms with Gasteiger partial charge in [-0.1, -0.05) is 44.5 Å². The highest BCUT2D eigenvalue weighted by molar-refractivity contribution is 6.30. The smallest absolute Gasteiger partial charge is 0.337 e. The number of halogens is 1. The molecular weight excluding hydrogens is 286 g/mol. The Morgan fingerprint density at radius 2 is 1.76 bits per heavy atom. The van der Waals surface area contributed by atoms with Crippen LogP contribution in [0.15, 0.2) is 30.3 Å². The molecule has 0 radical (unpaired) electrons. The Bertz CT molecular complexity index is 685. The summed E-state index contributed by atoms with van der Waals surface area (Å²) in [4.78, 5) is 16.1. The highest BCUT2D eigenvalue weighted by atomic mass is 35.5. The van der Waals surface area contributed by atoms with Crippen LogP contribution in [0.4, 0.5) is 0 Å². The summed E-state index contributed by atoms with van der Waals surface area (Å²) in [6, 6.07) is 9.09. The second-order valence-corrected chi connectivity index (χ2v) is 6.55. The lowest BCUT2D eigenvalue weighted by Crippen LogP contribution is -2.20. The molecule has 2 rings (SSSR count). The first-order chi connectivity index (χ1) is 9.70. The van der Waals surface area contributed by atoms with Crippen LogP contribution >= 0.6 is 11.6 Å². The Balaban J connectivity index is 2.69. The normalized spacial score (nSPS) is 11.5. The zero-order chi connectivity index (χ0) is 15.8. The summed E-state index contributed by atoms with van der Waals surface area (Å²) in [7, 11) is 0. The second-order valence-electron chi connectivity index (χ2n) is 6.11. The molecule has 4 heteroatoms. The van der Waals surface area contributed by atoms with E-state index in [9.17, 15) is 9.90 Å². The van der Waals surface area contributed by atoms with Crippen LogP contribution in [-0.4, -0.2) is 16.1 Å². The molecule has 0 saturated heterocycles. The van der Waals surface area contributed by atoms with Crippen LogP contribution < -0.4 is 0 Å². The van der Waals surface area contributed by atoms with Crippen molar-refractivity contribution < 1.29 is 9.90 Å². The van der Waals surface area contributed by atoms with Crippen LogP contribution in [0, 0.1) is 6.92 Å². The van der Waals surface area contributed by atoms with Crippen molar-refractivity contribution in [3.63, 3.8) is 0 Å². The van der Waals surface area contributed by atoms with E-state index in [1.54, 1.807) is 18.2 Å². The number of pyridine rings is 1. The van der Waals surface area contributed by atoms with E-state index in [1.807, 2.05) is 39.8 Å². The summed E-state index contributed by atoms with van der Waals surface area (Å²) in [5.74, 6) is -0.946. The van der Waals surface area contributed by atoms with Gasteiger partial charge in [-0.15, -0.1) is 0 Å². The number of benzene rings is 1. The van der Waals surface area contributed by atoms with Crippen molar-refractivity contribution in [3.05, 3.63) is 52.2 Å². The van der Waals surface area contributed by atoms with Gasteiger partial charge in [-0.05, 0) is 30.7 Å². The summed E-state index contributed by atoms with van der Waals surface area (Å²) in [6.45, 7) is 7.75. The highest BCUT2D eigenvalue weighted by Gasteiger charge is 2.25. The van der Waals surface area contributed by atoms with E-state index in [0.717, 1.165) is 16.8 Å². The fourth-order valence-corrected chi connectivity index (χ4v) is 2.37. The molecule has 1 aromatic heterocycles. The van der Waals surface area contributed by atoms with E-state index in [1.165, 1.54) is 0 Å². The monoisotopic (exact) mass is 303 g/mol. The summed E-state index contributed by atoms with van der Waals surface area (Å²) in [5, 5.41) is 10.1. The quantitative estimate of drug-likeness (QED) is 0.874. The van der Waals surface area contributed by atoms with E-state index in [2.05, 4.69) is 4.98 Å². The van der Waals surface area contributed by atoms with Crippen molar-refractivity contribution in [2.75, 3.05) is 0 Å². The third-order valence-corrected chi connectivity index (χ3v) is 3.52. The second kappa shape index (κ2) is 5.49. The fraction of sp³-hybridized carbons (Fsp3) is 0.294. The molecule has 0 atom stereocenters. The first-order valence-electron chi connectivity index (χ1n) is 6.71. The zero-order valence-corrected chi connectivity index (χ0v) is 13.3. The SMILES string of the molecule is Cc1cc(C(=O)O)c(C(C)(C)C)nc1-c1ccc(Cl)cc1. The molecule has 0 spiro atoms. The van der Waals surface area contributed by atoms with E-state index in [0.29, 0.717) is 10.7 Å². The van der Waals surface area contributed by atoms with Crippen LogP contribution in [-0.2, 0) is 5.41 Å². The fourth-order valence-electron chi connectivity index (χ4n) is 2.25. The van der Waals surface area contributed by atoms with Crippen molar-refractivity contribution in [1.82, 2.24) is 4.98 Å². The summed E-state index contributed by atoms with van der Waals surface area (Å²) >= 11 is 5.91. The molecule has 110 valence electrons. The largest absolute Gasteiger partial charge is 0.478 e. The number of rotatable bonds is 2. The summed E-state index contributed by atoms with van der Waals surface area (Å²) in [6.07, 6.45) is 0. The van der Waals surface area contributed by atoms with E-state index in [4.69, 9.17) is 11.6 Å². The van der Waals surface area contributed by atoms with Gasteiger partial charge in [0.25, 0.3) is 0 Å². The highest BCUT2D eigenvalue weighted by Crippen LogP contribution is 2.30. The number of hydrogen-bond acceptors (Lipinski definition) is 2. The zero-order valence-electron chi connectivity index (χ0n) is 12.6. The number of aryl methyl sites for hydroxylation is 1. The maximum atomic E-state index is 11.5. The molecule has 0 bridgehead atoms. The van der Waals surface area contributed by atoms with Gasteiger partial charge in [0, 0.05) is 16.0 Å². The van der Waals surface area contributed by atoms with Gasteiger partial charge in [0.15, 0.2) is 0 Å². The molecule has 0 fully saturated rings. The number of carboxylic acids is 1.